The van der Waals surface area contributed by atoms with Crippen molar-refractivity contribution in [2.75, 3.05) is 19.0 Å². The Morgan fingerprint density at radius 2 is 2.40 bits per heavy atom. The third-order valence-electron chi connectivity index (χ3n) is 1.84. The second-order valence-electron chi connectivity index (χ2n) is 3.11. The highest BCUT2D eigenvalue weighted by Gasteiger charge is 2.07. The van der Waals surface area contributed by atoms with Crippen LogP contribution in [-0.4, -0.2) is 34.8 Å². The van der Waals surface area contributed by atoms with Crippen LogP contribution in [0, 0.1) is 0 Å². The van der Waals surface area contributed by atoms with Crippen LogP contribution in [0.1, 0.15) is 13.3 Å². The maximum absolute atomic E-state index is 8.75. The second kappa shape index (κ2) is 5.87. The summed E-state index contributed by atoms with van der Waals surface area (Å²) in [5.74, 6) is 0.986. The van der Waals surface area contributed by atoms with Crippen molar-refractivity contribution < 1.29 is 9.84 Å². The molecule has 1 aromatic rings. The van der Waals surface area contributed by atoms with Crippen molar-refractivity contribution in [3.05, 3.63) is 10.7 Å². The maximum Gasteiger partial charge on any atom is 0.232 e. The molecule has 84 valence electrons. The molecule has 0 saturated carbocycles. The lowest BCUT2D eigenvalue weighted by molar-refractivity contribution is 0.282. The molecule has 1 rings (SSSR count). The average Bonchev–Trinajstić information content (AvgIpc) is 2.21. The minimum absolute atomic E-state index is 0.126. The van der Waals surface area contributed by atoms with Gasteiger partial charge in [0.15, 0.2) is 0 Å². The number of anilines is 1. The number of aromatic nitrogens is 2. The van der Waals surface area contributed by atoms with E-state index >= 15 is 0 Å². The molecule has 0 bridgehead atoms. The van der Waals surface area contributed by atoms with E-state index in [2.05, 4.69) is 31.2 Å². The molecule has 0 aliphatic heterocycles. The number of hydrogen-bond donors (Lipinski definition) is 2. The molecule has 0 aromatic carbocycles. The van der Waals surface area contributed by atoms with Crippen LogP contribution in [0.2, 0.25) is 0 Å². The van der Waals surface area contributed by atoms with Crippen molar-refractivity contribution >= 4 is 21.9 Å². The second-order valence-corrected chi connectivity index (χ2v) is 3.96. The van der Waals surface area contributed by atoms with Gasteiger partial charge in [0.1, 0.15) is 0 Å². The van der Waals surface area contributed by atoms with Crippen LogP contribution in [0.15, 0.2) is 10.7 Å². The summed E-state index contributed by atoms with van der Waals surface area (Å²) in [6, 6.07) is 0.126. The van der Waals surface area contributed by atoms with Gasteiger partial charge in [0.05, 0.1) is 17.8 Å². The number of halogens is 1. The van der Waals surface area contributed by atoms with Gasteiger partial charge in [-0.15, -0.1) is 0 Å². The number of rotatable bonds is 5. The van der Waals surface area contributed by atoms with Crippen LogP contribution in [0.25, 0.3) is 0 Å². The minimum atomic E-state index is 0.126. The molecular formula is C9H14BrN3O2. The maximum atomic E-state index is 8.75. The fourth-order valence-electron chi connectivity index (χ4n) is 1.05. The minimum Gasteiger partial charge on any atom is -0.480 e. The van der Waals surface area contributed by atoms with Crippen molar-refractivity contribution in [1.82, 2.24) is 9.97 Å². The Bertz CT molecular complexity index is 322. The summed E-state index contributed by atoms with van der Waals surface area (Å²) in [6.45, 7) is 2.09. The van der Waals surface area contributed by atoms with Crippen molar-refractivity contribution in [3.63, 3.8) is 0 Å². The van der Waals surface area contributed by atoms with Gasteiger partial charge in [-0.25, -0.2) is 4.98 Å². The SMILES string of the molecule is COc1nc(N[C@H](C)CCO)ncc1Br. The first-order valence-corrected chi connectivity index (χ1v) is 5.40. The Morgan fingerprint density at radius 3 is 3.00 bits per heavy atom. The molecule has 1 aromatic heterocycles. The van der Waals surface area contributed by atoms with E-state index in [1.165, 1.54) is 0 Å². The molecule has 0 saturated heterocycles. The Labute approximate surface area is 97.0 Å². The Kier molecular flexibility index (Phi) is 4.77. The van der Waals surface area contributed by atoms with Crippen LogP contribution < -0.4 is 10.1 Å². The Balaban J connectivity index is 2.69. The summed E-state index contributed by atoms with van der Waals surface area (Å²) < 4.78 is 5.75. The first kappa shape index (κ1) is 12.2. The molecular weight excluding hydrogens is 262 g/mol. The predicted molar refractivity (Wildman–Crippen MR) is 61.1 cm³/mol. The molecule has 15 heavy (non-hydrogen) atoms. The lowest BCUT2D eigenvalue weighted by Gasteiger charge is -2.12. The molecule has 1 atom stereocenters. The number of nitrogens with one attached hydrogen (secondary N) is 1. The number of aliphatic hydroxyl groups is 1. The molecule has 0 spiro atoms. The van der Waals surface area contributed by atoms with Crippen molar-refractivity contribution in [2.24, 2.45) is 0 Å². The van der Waals surface area contributed by atoms with Crippen LogP contribution in [0.5, 0.6) is 5.88 Å². The third kappa shape index (κ3) is 3.64. The van der Waals surface area contributed by atoms with Gasteiger partial charge < -0.3 is 15.2 Å². The lowest BCUT2D eigenvalue weighted by atomic mass is 10.2. The van der Waals surface area contributed by atoms with E-state index in [9.17, 15) is 0 Å². The number of hydrogen-bond acceptors (Lipinski definition) is 5. The van der Waals surface area contributed by atoms with Crippen molar-refractivity contribution in [2.45, 2.75) is 19.4 Å². The molecule has 0 aliphatic rings. The highest BCUT2D eigenvalue weighted by molar-refractivity contribution is 9.10. The van der Waals surface area contributed by atoms with Crippen molar-refractivity contribution in [1.29, 1.82) is 0 Å². The molecule has 0 unspecified atom stereocenters. The first-order chi connectivity index (χ1) is 7.17. The van der Waals surface area contributed by atoms with Gasteiger partial charge in [0, 0.05) is 12.6 Å². The Hall–Kier alpha value is -0.880. The van der Waals surface area contributed by atoms with Gasteiger partial charge in [-0.3, -0.25) is 0 Å². The smallest absolute Gasteiger partial charge is 0.232 e. The van der Waals surface area contributed by atoms with E-state index in [0.717, 1.165) is 0 Å². The van der Waals surface area contributed by atoms with Crippen LogP contribution in [0.3, 0.4) is 0 Å². The first-order valence-electron chi connectivity index (χ1n) is 4.61. The van der Waals surface area contributed by atoms with Crippen LogP contribution in [-0.2, 0) is 0 Å². The fraction of sp³-hybridized carbons (Fsp3) is 0.556. The van der Waals surface area contributed by atoms with E-state index in [-0.39, 0.29) is 12.6 Å². The third-order valence-corrected chi connectivity index (χ3v) is 2.39. The molecule has 5 nitrogen and oxygen atoms in total. The van der Waals surface area contributed by atoms with Crippen molar-refractivity contribution in [3.8, 4) is 5.88 Å². The standard InChI is InChI=1S/C9H14BrN3O2/c1-6(3-4-14)12-9-11-5-7(10)8(13-9)15-2/h5-6,14H,3-4H2,1-2H3,(H,11,12,13)/t6-/m1/s1. The lowest BCUT2D eigenvalue weighted by Crippen LogP contribution is -2.18. The molecule has 0 fully saturated rings. The van der Waals surface area contributed by atoms with Gasteiger partial charge in [-0.2, -0.15) is 4.98 Å². The molecule has 2 N–H and O–H groups in total. The van der Waals surface area contributed by atoms with E-state index in [0.29, 0.717) is 22.7 Å². The van der Waals surface area contributed by atoms with E-state index in [1.54, 1.807) is 13.3 Å². The summed E-state index contributed by atoms with van der Waals surface area (Å²) in [5.41, 5.74) is 0. The molecule has 1 heterocycles. The summed E-state index contributed by atoms with van der Waals surface area (Å²) in [6.07, 6.45) is 2.28. The molecule has 0 amide bonds. The van der Waals surface area contributed by atoms with Gasteiger partial charge in [-0.05, 0) is 29.3 Å². The number of aliphatic hydroxyl groups excluding tert-OH is 1. The molecule has 6 heteroatoms. The van der Waals surface area contributed by atoms with Crippen LogP contribution >= 0.6 is 15.9 Å². The summed E-state index contributed by atoms with van der Waals surface area (Å²) in [4.78, 5) is 8.22. The van der Waals surface area contributed by atoms with Gasteiger partial charge in [-0.1, -0.05) is 0 Å². The normalized spacial score (nSPS) is 12.3. The van der Waals surface area contributed by atoms with Gasteiger partial charge >= 0.3 is 0 Å². The predicted octanol–water partition coefficient (Wildman–Crippen LogP) is 1.43. The average molecular weight is 276 g/mol. The largest absolute Gasteiger partial charge is 0.480 e. The zero-order valence-corrected chi connectivity index (χ0v) is 10.3. The Morgan fingerprint density at radius 1 is 1.67 bits per heavy atom. The fourth-order valence-corrected chi connectivity index (χ4v) is 1.40. The van der Waals surface area contributed by atoms with Gasteiger partial charge in [0.25, 0.3) is 0 Å². The summed E-state index contributed by atoms with van der Waals surface area (Å²) in [5, 5.41) is 11.8. The molecule has 0 radical (unpaired) electrons. The quantitative estimate of drug-likeness (QED) is 0.851. The van der Waals surface area contributed by atoms with E-state index < -0.39 is 0 Å². The van der Waals surface area contributed by atoms with E-state index in [1.807, 2.05) is 6.92 Å². The molecule has 0 aliphatic carbocycles. The zero-order chi connectivity index (χ0) is 11.3. The number of methoxy groups -OCH3 is 1. The highest BCUT2D eigenvalue weighted by Crippen LogP contribution is 2.22. The van der Waals surface area contributed by atoms with Gasteiger partial charge in [0.2, 0.25) is 11.8 Å². The summed E-state index contributed by atoms with van der Waals surface area (Å²) >= 11 is 3.27. The topological polar surface area (TPSA) is 67.3 Å². The number of nitrogens with zero attached hydrogens (tertiary/aromatic N) is 2. The zero-order valence-electron chi connectivity index (χ0n) is 8.70. The highest BCUT2D eigenvalue weighted by atomic mass is 79.9. The summed E-state index contributed by atoms with van der Waals surface area (Å²) in [7, 11) is 1.55. The van der Waals surface area contributed by atoms with Crippen LogP contribution in [0.4, 0.5) is 5.95 Å². The number of ether oxygens (including phenoxy) is 1. The monoisotopic (exact) mass is 275 g/mol. The van der Waals surface area contributed by atoms with E-state index in [4.69, 9.17) is 9.84 Å².